The molecule has 12 heteroatoms. The number of nitrogens with one attached hydrogen (secondary N) is 3. The molecule has 2 aromatic rings. The van der Waals surface area contributed by atoms with E-state index >= 15 is 0 Å². The van der Waals surface area contributed by atoms with Crippen LogP contribution >= 0.6 is 0 Å². The topological polar surface area (TPSA) is 217 Å². The second-order valence-corrected chi connectivity index (χ2v) is 8.81. The number of carbonyl (C=O) groups is 4. The number of nitrogens with two attached hydrogens (primary N) is 2. The van der Waals surface area contributed by atoms with Crippen LogP contribution in [-0.2, 0) is 32.0 Å². The summed E-state index contributed by atoms with van der Waals surface area (Å²) in [4.78, 5) is 50.2. The highest BCUT2D eigenvalue weighted by molar-refractivity contribution is 5.93. The zero-order valence-electron chi connectivity index (χ0n) is 20.9. The molecule has 0 spiro atoms. The number of rotatable bonds is 15. The quantitative estimate of drug-likeness (QED) is 0.139. The van der Waals surface area contributed by atoms with Crippen molar-refractivity contribution in [1.82, 2.24) is 16.0 Å². The summed E-state index contributed by atoms with van der Waals surface area (Å²) in [7, 11) is 0. The van der Waals surface area contributed by atoms with Crippen molar-refractivity contribution in [3.63, 3.8) is 0 Å². The van der Waals surface area contributed by atoms with Gasteiger partial charge in [0.2, 0.25) is 17.7 Å². The maximum atomic E-state index is 13.2. The monoisotopic (exact) mass is 529 g/mol. The predicted molar refractivity (Wildman–Crippen MR) is 139 cm³/mol. The maximum absolute atomic E-state index is 13.2. The molecule has 10 N–H and O–H groups in total. The first-order chi connectivity index (χ1) is 18.1. The van der Waals surface area contributed by atoms with Crippen molar-refractivity contribution in [2.24, 2.45) is 11.5 Å². The molecule has 3 atom stereocenters. The van der Waals surface area contributed by atoms with Crippen LogP contribution in [0.3, 0.4) is 0 Å². The Morgan fingerprint density at radius 3 is 1.63 bits per heavy atom. The van der Waals surface area contributed by atoms with Gasteiger partial charge in [-0.1, -0.05) is 24.3 Å². The van der Waals surface area contributed by atoms with E-state index in [2.05, 4.69) is 16.0 Å². The van der Waals surface area contributed by atoms with E-state index < -0.39 is 41.8 Å². The lowest BCUT2D eigenvalue weighted by atomic mass is 10.0. The molecular formula is C26H35N5O7. The summed E-state index contributed by atoms with van der Waals surface area (Å²) >= 11 is 0. The Morgan fingerprint density at radius 2 is 1.16 bits per heavy atom. The van der Waals surface area contributed by atoms with Crippen LogP contribution in [0, 0.1) is 0 Å². The molecule has 3 amide bonds. The van der Waals surface area contributed by atoms with Gasteiger partial charge in [-0.3, -0.25) is 14.4 Å². The number of unbranched alkanes of at least 4 members (excludes halogenated alkanes) is 1. The zero-order chi connectivity index (χ0) is 28.1. The number of benzene rings is 2. The molecule has 2 rings (SSSR count). The molecule has 0 saturated carbocycles. The fraction of sp³-hybridized carbons (Fsp3) is 0.385. The summed E-state index contributed by atoms with van der Waals surface area (Å²) in [5.74, 6) is -3.13. The van der Waals surface area contributed by atoms with Crippen LogP contribution in [0.1, 0.15) is 30.4 Å². The van der Waals surface area contributed by atoms with E-state index in [1.54, 1.807) is 24.3 Å². The van der Waals surface area contributed by atoms with Crippen molar-refractivity contribution in [1.29, 1.82) is 0 Å². The average Bonchev–Trinajstić information content (AvgIpc) is 2.89. The molecule has 3 unspecified atom stereocenters. The van der Waals surface area contributed by atoms with Gasteiger partial charge >= 0.3 is 5.97 Å². The molecule has 0 aliphatic rings. The summed E-state index contributed by atoms with van der Waals surface area (Å²) in [6, 6.07) is 8.54. The van der Waals surface area contributed by atoms with Crippen LogP contribution in [0.4, 0.5) is 0 Å². The van der Waals surface area contributed by atoms with Crippen molar-refractivity contribution in [3.05, 3.63) is 59.7 Å². The van der Waals surface area contributed by atoms with E-state index in [0.29, 0.717) is 30.5 Å². The van der Waals surface area contributed by atoms with Crippen LogP contribution in [-0.4, -0.2) is 70.2 Å². The predicted octanol–water partition coefficient (Wildman–Crippen LogP) is -0.490. The van der Waals surface area contributed by atoms with Gasteiger partial charge in [0.1, 0.15) is 29.6 Å². The van der Waals surface area contributed by atoms with Gasteiger partial charge < -0.3 is 42.7 Å². The number of aromatic hydroxyl groups is 2. The summed E-state index contributed by atoms with van der Waals surface area (Å²) in [5.41, 5.74) is 12.2. The Bertz CT molecular complexity index is 1080. The molecular weight excluding hydrogens is 494 g/mol. The number of aliphatic carboxylic acids is 1. The van der Waals surface area contributed by atoms with Gasteiger partial charge in [-0.2, -0.15) is 0 Å². The van der Waals surface area contributed by atoms with Gasteiger partial charge in [0.15, 0.2) is 0 Å². The molecule has 0 radical (unpaired) electrons. The Morgan fingerprint density at radius 1 is 0.684 bits per heavy atom. The molecule has 0 aromatic heterocycles. The number of carboxylic acids is 1. The summed E-state index contributed by atoms with van der Waals surface area (Å²) in [6.45, 7) is 0.0221. The molecule has 2 aromatic carbocycles. The SMILES string of the molecule is NCCCCC(NC(=O)C(Cc1ccc(O)cc1)NC(=O)CN)C(=O)NC(Cc1ccc(O)cc1)C(=O)O. The number of carbonyl (C=O) groups excluding carboxylic acids is 3. The minimum absolute atomic E-state index is 0.0240. The van der Waals surface area contributed by atoms with Gasteiger partial charge in [-0.15, -0.1) is 0 Å². The highest BCUT2D eigenvalue weighted by Gasteiger charge is 2.29. The third-order valence-corrected chi connectivity index (χ3v) is 5.78. The van der Waals surface area contributed by atoms with Crippen LogP contribution < -0.4 is 27.4 Å². The molecule has 0 bridgehead atoms. The highest BCUT2D eigenvalue weighted by Crippen LogP contribution is 2.13. The smallest absolute Gasteiger partial charge is 0.326 e. The number of hydrogen-bond acceptors (Lipinski definition) is 8. The fourth-order valence-corrected chi connectivity index (χ4v) is 3.70. The Hall–Kier alpha value is -4.16. The lowest BCUT2D eigenvalue weighted by molar-refractivity contribution is -0.142. The van der Waals surface area contributed by atoms with Crippen LogP contribution in [0.25, 0.3) is 0 Å². The van der Waals surface area contributed by atoms with E-state index in [4.69, 9.17) is 11.5 Å². The summed E-state index contributed by atoms with van der Waals surface area (Å²) in [6.07, 6.45) is 1.28. The number of phenolic OH excluding ortho intramolecular Hbond substituents is 2. The molecule has 0 aliphatic carbocycles. The van der Waals surface area contributed by atoms with E-state index in [1.807, 2.05) is 0 Å². The van der Waals surface area contributed by atoms with Crippen molar-refractivity contribution in [3.8, 4) is 11.5 Å². The van der Waals surface area contributed by atoms with Crippen LogP contribution in [0.15, 0.2) is 48.5 Å². The standard InChI is InChI=1S/C26H35N5O7/c27-12-2-1-3-20(24(35)31-22(26(37)38)14-17-6-10-19(33)11-7-17)30-25(36)21(29-23(34)15-28)13-16-4-8-18(32)9-5-16/h4-11,20-22,32-33H,1-3,12-15,27-28H2,(H,29,34)(H,30,36)(H,31,35)(H,37,38). The highest BCUT2D eigenvalue weighted by atomic mass is 16.4. The number of amides is 3. The van der Waals surface area contributed by atoms with Crippen molar-refractivity contribution < 1.29 is 34.5 Å². The van der Waals surface area contributed by atoms with Gasteiger partial charge in [-0.05, 0) is 61.2 Å². The van der Waals surface area contributed by atoms with E-state index in [0.717, 1.165) is 0 Å². The second kappa shape index (κ2) is 15.2. The minimum atomic E-state index is -1.29. The Kier molecular flexibility index (Phi) is 12.0. The molecule has 0 fully saturated rings. The van der Waals surface area contributed by atoms with Gasteiger partial charge in [0, 0.05) is 12.8 Å². The molecule has 12 nitrogen and oxygen atoms in total. The zero-order valence-corrected chi connectivity index (χ0v) is 20.9. The first-order valence-corrected chi connectivity index (χ1v) is 12.2. The molecule has 0 aliphatic heterocycles. The first kappa shape index (κ1) is 30.1. The van der Waals surface area contributed by atoms with Crippen molar-refractivity contribution in [2.45, 2.75) is 50.2 Å². The normalized spacial score (nSPS) is 13.1. The summed E-state index contributed by atoms with van der Waals surface area (Å²) < 4.78 is 0. The largest absolute Gasteiger partial charge is 0.508 e. The Balaban J connectivity index is 2.18. The van der Waals surface area contributed by atoms with Crippen LogP contribution in [0.2, 0.25) is 0 Å². The number of carboxylic acid groups (broad SMARTS) is 1. The summed E-state index contributed by atoms with van der Waals surface area (Å²) in [5, 5.41) is 36.3. The third kappa shape index (κ3) is 10.1. The molecule has 0 saturated heterocycles. The number of phenols is 2. The van der Waals surface area contributed by atoms with Crippen molar-refractivity contribution >= 4 is 23.7 Å². The Labute approximate surface area is 220 Å². The van der Waals surface area contributed by atoms with Gasteiger partial charge in [0.05, 0.1) is 6.54 Å². The minimum Gasteiger partial charge on any atom is -0.508 e. The number of hydrogen-bond donors (Lipinski definition) is 8. The second-order valence-electron chi connectivity index (χ2n) is 8.81. The lowest BCUT2D eigenvalue weighted by Crippen LogP contribution is -2.57. The molecule has 38 heavy (non-hydrogen) atoms. The third-order valence-electron chi connectivity index (χ3n) is 5.78. The van der Waals surface area contributed by atoms with Crippen LogP contribution in [0.5, 0.6) is 11.5 Å². The molecule has 206 valence electrons. The fourth-order valence-electron chi connectivity index (χ4n) is 3.70. The van der Waals surface area contributed by atoms with Crippen molar-refractivity contribution in [2.75, 3.05) is 13.1 Å². The maximum Gasteiger partial charge on any atom is 0.326 e. The van der Waals surface area contributed by atoms with E-state index in [9.17, 15) is 34.5 Å². The average molecular weight is 530 g/mol. The lowest BCUT2D eigenvalue weighted by Gasteiger charge is -2.25. The molecule has 0 heterocycles. The van der Waals surface area contributed by atoms with E-state index in [-0.39, 0.29) is 37.3 Å². The van der Waals surface area contributed by atoms with Gasteiger partial charge in [-0.25, -0.2) is 4.79 Å². The van der Waals surface area contributed by atoms with Gasteiger partial charge in [0.25, 0.3) is 0 Å². The van der Waals surface area contributed by atoms with E-state index in [1.165, 1.54) is 24.3 Å². The first-order valence-electron chi connectivity index (χ1n) is 12.2.